The van der Waals surface area contributed by atoms with Crippen molar-refractivity contribution in [3.8, 4) is 6.07 Å². The standard InChI is InChI=1S/C16H25N5/c17-13-15-1-3-16(4-2-15)14-21-11-9-19-7-5-18-6-8-20-10-12-21/h1-4,18-20H,5-12,14H2. The summed E-state index contributed by atoms with van der Waals surface area (Å²) in [5, 5.41) is 19.2. The zero-order valence-electron chi connectivity index (χ0n) is 12.6. The van der Waals surface area contributed by atoms with Gasteiger partial charge in [-0.25, -0.2) is 0 Å². The van der Waals surface area contributed by atoms with E-state index in [1.807, 2.05) is 12.1 Å². The molecule has 1 saturated heterocycles. The van der Waals surface area contributed by atoms with Gasteiger partial charge in [0.05, 0.1) is 11.6 Å². The minimum atomic E-state index is 0.725. The molecule has 1 aliphatic rings. The van der Waals surface area contributed by atoms with Crippen molar-refractivity contribution in [3.05, 3.63) is 35.4 Å². The molecular weight excluding hydrogens is 262 g/mol. The lowest BCUT2D eigenvalue weighted by atomic mass is 10.1. The predicted octanol–water partition coefficient (Wildman–Crippen LogP) is 0.143. The number of hydrogen-bond donors (Lipinski definition) is 3. The van der Waals surface area contributed by atoms with Crippen LogP contribution in [0.15, 0.2) is 24.3 Å². The summed E-state index contributed by atoms with van der Waals surface area (Å²) < 4.78 is 0. The Kier molecular flexibility index (Phi) is 7.19. The molecule has 2 rings (SSSR count). The van der Waals surface area contributed by atoms with E-state index in [0.29, 0.717) is 0 Å². The van der Waals surface area contributed by atoms with Gasteiger partial charge in [0.2, 0.25) is 0 Å². The average molecular weight is 287 g/mol. The van der Waals surface area contributed by atoms with E-state index >= 15 is 0 Å². The van der Waals surface area contributed by atoms with Gasteiger partial charge in [0.25, 0.3) is 0 Å². The zero-order chi connectivity index (χ0) is 14.8. The van der Waals surface area contributed by atoms with Crippen LogP contribution in [-0.4, -0.2) is 57.3 Å². The van der Waals surface area contributed by atoms with Gasteiger partial charge in [-0.1, -0.05) is 12.1 Å². The SMILES string of the molecule is N#Cc1ccc(CN2CCNCCNCCNCC2)cc1. The van der Waals surface area contributed by atoms with E-state index in [9.17, 15) is 0 Å². The highest BCUT2D eigenvalue weighted by Gasteiger charge is 2.06. The van der Waals surface area contributed by atoms with Crippen LogP contribution in [0.25, 0.3) is 0 Å². The lowest BCUT2D eigenvalue weighted by Gasteiger charge is -2.23. The molecule has 1 fully saturated rings. The first-order chi connectivity index (χ1) is 10.4. The fourth-order valence-electron chi connectivity index (χ4n) is 2.42. The topological polar surface area (TPSA) is 63.1 Å². The largest absolute Gasteiger partial charge is 0.314 e. The Bertz CT molecular complexity index is 425. The van der Waals surface area contributed by atoms with Crippen molar-refractivity contribution >= 4 is 0 Å². The molecule has 0 bridgehead atoms. The zero-order valence-corrected chi connectivity index (χ0v) is 12.6. The summed E-state index contributed by atoms with van der Waals surface area (Å²) in [7, 11) is 0. The van der Waals surface area contributed by atoms with Crippen molar-refractivity contribution in [2.75, 3.05) is 52.4 Å². The molecule has 114 valence electrons. The van der Waals surface area contributed by atoms with Crippen LogP contribution in [0.2, 0.25) is 0 Å². The van der Waals surface area contributed by atoms with Crippen LogP contribution in [0, 0.1) is 11.3 Å². The number of nitrogens with one attached hydrogen (secondary N) is 3. The van der Waals surface area contributed by atoms with Crippen LogP contribution in [0.4, 0.5) is 0 Å². The summed E-state index contributed by atoms with van der Waals surface area (Å²) >= 11 is 0. The summed E-state index contributed by atoms with van der Waals surface area (Å²) in [4.78, 5) is 2.45. The van der Waals surface area contributed by atoms with E-state index in [1.165, 1.54) is 5.56 Å². The number of rotatable bonds is 2. The Balaban J connectivity index is 1.85. The van der Waals surface area contributed by atoms with Crippen molar-refractivity contribution < 1.29 is 0 Å². The molecule has 0 amide bonds. The Hall–Kier alpha value is -1.45. The minimum Gasteiger partial charge on any atom is -0.314 e. The molecule has 1 aromatic carbocycles. The molecule has 1 aromatic rings. The lowest BCUT2D eigenvalue weighted by Crippen LogP contribution is -2.41. The van der Waals surface area contributed by atoms with Gasteiger partial charge in [0.15, 0.2) is 0 Å². The van der Waals surface area contributed by atoms with Crippen LogP contribution in [0.1, 0.15) is 11.1 Å². The fraction of sp³-hybridized carbons (Fsp3) is 0.562. The van der Waals surface area contributed by atoms with Crippen molar-refractivity contribution in [1.82, 2.24) is 20.9 Å². The highest BCUT2D eigenvalue weighted by atomic mass is 15.2. The first-order valence-corrected chi connectivity index (χ1v) is 7.72. The van der Waals surface area contributed by atoms with Crippen molar-refractivity contribution in [3.63, 3.8) is 0 Å². The second kappa shape index (κ2) is 9.48. The normalized spacial score (nSPS) is 19.2. The maximum atomic E-state index is 8.84. The van der Waals surface area contributed by atoms with Crippen LogP contribution in [0.5, 0.6) is 0 Å². The lowest BCUT2D eigenvalue weighted by molar-refractivity contribution is 0.263. The van der Waals surface area contributed by atoms with Gasteiger partial charge in [-0.15, -0.1) is 0 Å². The summed E-state index contributed by atoms with van der Waals surface area (Å²) in [6.07, 6.45) is 0. The van der Waals surface area contributed by atoms with Crippen molar-refractivity contribution in [1.29, 1.82) is 5.26 Å². The highest BCUT2D eigenvalue weighted by Crippen LogP contribution is 2.06. The van der Waals surface area contributed by atoms with E-state index in [0.717, 1.165) is 64.5 Å². The molecule has 0 spiro atoms. The van der Waals surface area contributed by atoms with Gasteiger partial charge in [-0.2, -0.15) is 5.26 Å². The average Bonchev–Trinajstić information content (AvgIpc) is 2.51. The first-order valence-electron chi connectivity index (χ1n) is 7.72. The molecule has 0 saturated carbocycles. The molecule has 5 nitrogen and oxygen atoms in total. The maximum Gasteiger partial charge on any atom is 0.0991 e. The van der Waals surface area contributed by atoms with Crippen LogP contribution >= 0.6 is 0 Å². The third kappa shape index (κ3) is 6.23. The van der Waals surface area contributed by atoms with E-state index < -0.39 is 0 Å². The monoisotopic (exact) mass is 287 g/mol. The third-order valence-electron chi connectivity index (χ3n) is 3.66. The molecule has 0 aromatic heterocycles. The van der Waals surface area contributed by atoms with Gasteiger partial charge in [0, 0.05) is 58.9 Å². The second-order valence-corrected chi connectivity index (χ2v) is 5.33. The molecular formula is C16H25N5. The Morgan fingerprint density at radius 1 is 0.857 bits per heavy atom. The summed E-state index contributed by atoms with van der Waals surface area (Å²) in [6, 6.07) is 10.1. The first kappa shape index (κ1) is 15.9. The van der Waals surface area contributed by atoms with E-state index in [2.05, 4.69) is 39.1 Å². The number of nitrogens with zero attached hydrogens (tertiary/aromatic N) is 2. The smallest absolute Gasteiger partial charge is 0.0991 e. The highest BCUT2D eigenvalue weighted by molar-refractivity contribution is 5.31. The summed E-state index contributed by atoms with van der Waals surface area (Å²) in [5.41, 5.74) is 1.99. The predicted molar refractivity (Wildman–Crippen MR) is 85.0 cm³/mol. The molecule has 0 unspecified atom stereocenters. The van der Waals surface area contributed by atoms with Crippen LogP contribution in [0.3, 0.4) is 0 Å². The van der Waals surface area contributed by atoms with Crippen LogP contribution in [-0.2, 0) is 6.54 Å². The summed E-state index contributed by atoms with van der Waals surface area (Å²) in [5.74, 6) is 0. The Morgan fingerprint density at radius 3 is 1.90 bits per heavy atom. The molecule has 0 radical (unpaired) electrons. The molecule has 21 heavy (non-hydrogen) atoms. The minimum absolute atomic E-state index is 0.725. The number of nitriles is 1. The van der Waals surface area contributed by atoms with Crippen LogP contribution < -0.4 is 16.0 Å². The van der Waals surface area contributed by atoms with Gasteiger partial charge in [-0.3, -0.25) is 4.90 Å². The Morgan fingerprint density at radius 2 is 1.38 bits per heavy atom. The van der Waals surface area contributed by atoms with E-state index in [4.69, 9.17) is 5.26 Å². The van der Waals surface area contributed by atoms with Crippen molar-refractivity contribution in [2.45, 2.75) is 6.54 Å². The molecule has 1 aliphatic heterocycles. The van der Waals surface area contributed by atoms with E-state index in [1.54, 1.807) is 0 Å². The van der Waals surface area contributed by atoms with Gasteiger partial charge >= 0.3 is 0 Å². The van der Waals surface area contributed by atoms with E-state index in [-0.39, 0.29) is 0 Å². The van der Waals surface area contributed by atoms with Gasteiger partial charge in [0.1, 0.15) is 0 Å². The quantitative estimate of drug-likeness (QED) is 0.722. The number of benzene rings is 1. The maximum absolute atomic E-state index is 8.84. The molecule has 3 N–H and O–H groups in total. The van der Waals surface area contributed by atoms with Crippen molar-refractivity contribution in [2.24, 2.45) is 0 Å². The fourth-order valence-corrected chi connectivity index (χ4v) is 2.42. The van der Waals surface area contributed by atoms with Gasteiger partial charge in [-0.05, 0) is 17.7 Å². The summed E-state index contributed by atoms with van der Waals surface area (Å²) in [6.45, 7) is 9.14. The second-order valence-electron chi connectivity index (χ2n) is 5.33. The Labute approximate surface area is 127 Å². The number of hydrogen-bond acceptors (Lipinski definition) is 5. The van der Waals surface area contributed by atoms with Gasteiger partial charge < -0.3 is 16.0 Å². The molecule has 0 aliphatic carbocycles. The molecule has 1 heterocycles. The third-order valence-corrected chi connectivity index (χ3v) is 3.66. The molecule has 0 atom stereocenters. The molecule has 5 heteroatoms.